The summed E-state index contributed by atoms with van der Waals surface area (Å²) in [5.41, 5.74) is 5.13. The highest BCUT2D eigenvalue weighted by molar-refractivity contribution is 5.96. The van der Waals surface area contributed by atoms with E-state index in [4.69, 9.17) is 14.8 Å². The van der Waals surface area contributed by atoms with E-state index < -0.39 is 23.6 Å². The molecule has 0 radical (unpaired) electrons. The van der Waals surface area contributed by atoms with Gasteiger partial charge in [-0.05, 0) is 83.3 Å². The molecule has 1 aromatic carbocycles. The Morgan fingerprint density at radius 1 is 0.978 bits per heavy atom. The first kappa shape index (κ1) is 30.4. The van der Waals surface area contributed by atoms with Crippen LogP contribution in [0.2, 0.25) is 0 Å². The van der Waals surface area contributed by atoms with E-state index in [1.54, 1.807) is 52.4 Å². The smallest absolute Gasteiger partial charge is 0.410 e. The van der Waals surface area contributed by atoms with Gasteiger partial charge in [-0.1, -0.05) is 18.2 Å². The van der Waals surface area contributed by atoms with Crippen LogP contribution in [0.15, 0.2) is 73.2 Å². The van der Waals surface area contributed by atoms with Crippen molar-refractivity contribution in [1.82, 2.24) is 39.2 Å². The second kappa shape index (κ2) is 11.7. The van der Waals surface area contributed by atoms with Gasteiger partial charge in [-0.2, -0.15) is 5.10 Å². The fourth-order valence-corrected chi connectivity index (χ4v) is 5.13. The van der Waals surface area contributed by atoms with Crippen molar-refractivity contribution in [2.75, 3.05) is 12.4 Å². The van der Waals surface area contributed by atoms with E-state index in [1.165, 1.54) is 16.7 Å². The average Bonchev–Trinajstić information content (AvgIpc) is 3.68. The Morgan fingerprint density at radius 2 is 1.78 bits per heavy atom. The molecular weight excluding hydrogens is 582 g/mol. The van der Waals surface area contributed by atoms with Gasteiger partial charge in [-0.3, -0.25) is 19.1 Å². The van der Waals surface area contributed by atoms with Gasteiger partial charge in [-0.15, -0.1) is 9.90 Å². The number of nitrogens with one attached hydrogen (secondary N) is 1. The van der Waals surface area contributed by atoms with E-state index in [-0.39, 0.29) is 5.82 Å². The number of benzene rings is 1. The molecule has 2 amide bonds. The Labute approximate surface area is 266 Å². The lowest BCUT2D eigenvalue weighted by Crippen LogP contribution is -2.45. The summed E-state index contributed by atoms with van der Waals surface area (Å²) in [4.78, 5) is 42.4. The molecule has 1 N–H and O–H groups in total. The minimum Gasteiger partial charge on any atom is -0.444 e. The molecule has 234 valence electrons. The minimum absolute atomic E-state index is 0.262. The van der Waals surface area contributed by atoms with Gasteiger partial charge in [0.25, 0.3) is 0 Å². The van der Waals surface area contributed by atoms with Crippen LogP contribution in [0.4, 0.5) is 10.6 Å². The molecular formula is C34H35N9O3. The van der Waals surface area contributed by atoms with Crippen molar-refractivity contribution in [3.63, 3.8) is 0 Å². The summed E-state index contributed by atoms with van der Waals surface area (Å²) in [5, 5.41) is 14.3. The minimum atomic E-state index is -0.844. The summed E-state index contributed by atoms with van der Waals surface area (Å²) >= 11 is 0. The standard InChI is InChI=1S/C34H35N9O3/c1-20-9-8-10-30-36-19-28(42(20)30)25-16-29(39-32(44)22(3)41(7)33(45)46-34(4,5)6)38-31(17-25)43-37-18-27(40-43)24-11-12-26-21(2)35-14-13-23(26)15-24/h8-19,22H,1-7H3,(H,38,39,44)/t22-/m0/s1. The summed E-state index contributed by atoms with van der Waals surface area (Å²) in [7, 11) is 1.52. The number of carbonyl (C=O) groups is 2. The molecule has 1 atom stereocenters. The van der Waals surface area contributed by atoms with Gasteiger partial charge in [0.05, 0.1) is 18.1 Å². The Kier molecular flexibility index (Phi) is 7.72. The van der Waals surface area contributed by atoms with Crippen molar-refractivity contribution in [1.29, 1.82) is 0 Å². The number of hydrogen-bond donors (Lipinski definition) is 1. The number of carbonyl (C=O) groups excluding carboxylic acids is 2. The lowest BCUT2D eigenvalue weighted by atomic mass is 10.1. The first-order valence-corrected chi connectivity index (χ1v) is 14.9. The largest absolute Gasteiger partial charge is 0.444 e. The quantitative estimate of drug-likeness (QED) is 0.241. The average molecular weight is 618 g/mol. The zero-order valence-electron chi connectivity index (χ0n) is 26.8. The Balaban J connectivity index is 1.38. The third-order valence-corrected chi connectivity index (χ3v) is 7.68. The van der Waals surface area contributed by atoms with Gasteiger partial charge in [0.2, 0.25) is 5.91 Å². The number of anilines is 1. The fraction of sp³-hybridized carbons (Fsp3) is 0.265. The Morgan fingerprint density at radius 3 is 2.57 bits per heavy atom. The normalized spacial score (nSPS) is 12.3. The van der Waals surface area contributed by atoms with Crippen molar-refractivity contribution in [3.8, 4) is 28.3 Å². The molecule has 0 bridgehead atoms. The van der Waals surface area contributed by atoms with Gasteiger partial charge in [0.1, 0.15) is 28.8 Å². The van der Waals surface area contributed by atoms with Gasteiger partial charge < -0.3 is 10.1 Å². The van der Waals surface area contributed by atoms with E-state index >= 15 is 0 Å². The molecule has 5 aromatic heterocycles. The Bertz CT molecular complexity index is 2110. The van der Waals surface area contributed by atoms with Gasteiger partial charge in [0.15, 0.2) is 5.82 Å². The highest BCUT2D eigenvalue weighted by Crippen LogP contribution is 2.28. The lowest BCUT2D eigenvalue weighted by molar-refractivity contribution is -0.120. The first-order chi connectivity index (χ1) is 21.9. The Hall–Kier alpha value is -5.65. The monoisotopic (exact) mass is 617 g/mol. The fourth-order valence-electron chi connectivity index (χ4n) is 5.13. The summed E-state index contributed by atoms with van der Waals surface area (Å²) in [6.45, 7) is 10.9. The van der Waals surface area contributed by atoms with Crippen LogP contribution >= 0.6 is 0 Å². The van der Waals surface area contributed by atoms with Gasteiger partial charge in [-0.25, -0.2) is 14.8 Å². The van der Waals surface area contributed by atoms with E-state index in [9.17, 15) is 9.59 Å². The van der Waals surface area contributed by atoms with E-state index in [2.05, 4.69) is 26.4 Å². The summed E-state index contributed by atoms with van der Waals surface area (Å²) < 4.78 is 7.47. The number of aryl methyl sites for hydroxylation is 2. The molecule has 6 rings (SSSR count). The van der Waals surface area contributed by atoms with Crippen LogP contribution in [0, 0.1) is 13.8 Å². The van der Waals surface area contributed by atoms with Crippen LogP contribution in [0.3, 0.4) is 0 Å². The topological polar surface area (TPSA) is 132 Å². The SMILES string of the molecule is Cc1nccc2cc(-c3cnn(-c4cc(-c5cnc6cccc(C)n56)cc(NC(=O)[C@H](C)N(C)C(=O)OC(C)(C)C)n4)n3)ccc12. The number of fused-ring (bicyclic) bond motifs is 2. The zero-order chi connectivity index (χ0) is 32.7. The maximum absolute atomic E-state index is 13.4. The molecule has 0 aliphatic carbocycles. The number of aromatic nitrogens is 7. The molecule has 0 saturated carbocycles. The predicted molar refractivity (Wildman–Crippen MR) is 176 cm³/mol. The molecule has 12 nitrogen and oxygen atoms in total. The van der Waals surface area contributed by atoms with E-state index in [0.29, 0.717) is 11.5 Å². The number of pyridine rings is 3. The van der Waals surface area contributed by atoms with Crippen molar-refractivity contribution in [2.45, 2.75) is 53.2 Å². The van der Waals surface area contributed by atoms with E-state index in [1.807, 2.05) is 60.7 Å². The van der Waals surface area contributed by atoms with Crippen molar-refractivity contribution >= 4 is 34.2 Å². The first-order valence-electron chi connectivity index (χ1n) is 14.9. The third-order valence-electron chi connectivity index (χ3n) is 7.68. The molecule has 0 unspecified atom stereocenters. The highest BCUT2D eigenvalue weighted by atomic mass is 16.6. The highest BCUT2D eigenvalue weighted by Gasteiger charge is 2.27. The second-order valence-electron chi connectivity index (χ2n) is 12.2. The number of likely N-dealkylation sites (N-methyl/N-ethyl adjacent to an activating group) is 1. The lowest BCUT2D eigenvalue weighted by Gasteiger charge is -2.28. The van der Waals surface area contributed by atoms with Crippen LogP contribution in [-0.4, -0.2) is 69.9 Å². The third kappa shape index (κ3) is 6.01. The number of rotatable bonds is 6. The van der Waals surface area contributed by atoms with Crippen LogP contribution < -0.4 is 5.32 Å². The number of imidazole rings is 1. The maximum atomic E-state index is 13.4. The summed E-state index contributed by atoms with van der Waals surface area (Å²) in [6, 6.07) is 16.7. The number of hydrogen-bond acceptors (Lipinski definition) is 8. The number of ether oxygens (including phenoxy) is 1. The van der Waals surface area contributed by atoms with Gasteiger partial charge >= 0.3 is 6.09 Å². The molecule has 0 saturated heterocycles. The predicted octanol–water partition coefficient (Wildman–Crippen LogP) is 6.00. The van der Waals surface area contributed by atoms with Crippen LogP contribution in [0.25, 0.3) is 44.8 Å². The molecule has 5 heterocycles. The maximum Gasteiger partial charge on any atom is 0.410 e. The van der Waals surface area contributed by atoms with Crippen LogP contribution in [-0.2, 0) is 9.53 Å². The molecule has 12 heteroatoms. The van der Waals surface area contributed by atoms with Crippen LogP contribution in [0.1, 0.15) is 39.1 Å². The molecule has 0 aliphatic rings. The second-order valence-corrected chi connectivity index (χ2v) is 12.2. The number of nitrogens with zero attached hydrogens (tertiary/aromatic N) is 8. The van der Waals surface area contributed by atoms with Crippen molar-refractivity contribution < 1.29 is 14.3 Å². The zero-order valence-corrected chi connectivity index (χ0v) is 26.8. The molecule has 0 fully saturated rings. The number of amides is 2. The molecule has 6 aromatic rings. The van der Waals surface area contributed by atoms with Crippen LogP contribution in [0.5, 0.6) is 0 Å². The van der Waals surface area contributed by atoms with Crippen molar-refractivity contribution in [3.05, 3.63) is 84.6 Å². The van der Waals surface area contributed by atoms with Crippen molar-refractivity contribution in [2.24, 2.45) is 0 Å². The molecule has 0 aliphatic heterocycles. The summed E-state index contributed by atoms with van der Waals surface area (Å²) in [6.07, 6.45) is 4.64. The summed E-state index contributed by atoms with van der Waals surface area (Å²) in [5.74, 6) is 0.211. The molecule has 0 spiro atoms. The van der Waals surface area contributed by atoms with Gasteiger partial charge in [0, 0.05) is 41.1 Å². The molecule has 46 heavy (non-hydrogen) atoms. The van der Waals surface area contributed by atoms with E-state index in [0.717, 1.165) is 44.6 Å².